The lowest BCUT2D eigenvalue weighted by Gasteiger charge is -2.28. The number of carbonyl (C=O) groups is 2. The van der Waals surface area contributed by atoms with Crippen molar-refractivity contribution in [2.45, 2.75) is 13.0 Å². The van der Waals surface area contributed by atoms with Gasteiger partial charge in [0.15, 0.2) is 5.13 Å². The van der Waals surface area contributed by atoms with Crippen molar-refractivity contribution in [2.75, 3.05) is 41.8 Å². The molecule has 10 heteroatoms. The number of amides is 1. The molecule has 8 nitrogen and oxygen atoms in total. The van der Waals surface area contributed by atoms with Crippen molar-refractivity contribution in [3.8, 4) is 0 Å². The van der Waals surface area contributed by atoms with Crippen LogP contribution in [0.15, 0.2) is 48.5 Å². The lowest BCUT2D eigenvalue weighted by Crippen LogP contribution is -2.39. The van der Waals surface area contributed by atoms with Gasteiger partial charge < -0.3 is 26.0 Å². The van der Waals surface area contributed by atoms with Crippen molar-refractivity contribution in [2.24, 2.45) is 5.73 Å². The fraction of sp³-hybridized carbons (Fsp3) is 0.261. The number of ketones is 1. The van der Waals surface area contributed by atoms with E-state index >= 15 is 0 Å². The summed E-state index contributed by atoms with van der Waals surface area (Å²) in [5, 5.41) is 0.318. The lowest BCUT2D eigenvalue weighted by molar-refractivity contribution is -0.118. The van der Waals surface area contributed by atoms with E-state index in [9.17, 15) is 14.0 Å². The lowest BCUT2D eigenvalue weighted by atomic mass is 10.1. The van der Waals surface area contributed by atoms with E-state index in [-0.39, 0.29) is 16.5 Å². The average Bonchev–Trinajstić information content (AvgIpc) is 3.21. The summed E-state index contributed by atoms with van der Waals surface area (Å²) in [6, 6.07) is 12.1. The van der Waals surface area contributed by atoms with Crippen LogP contribution in [0.3, 0.4) is 0 Å². The third-order valence-corrected chi connectivity index (χ3v) is 6.53. The van der Waals surface area contributed by atoms with Crippen LogP contribution in [0.1, 0.15) is 22.2 Å². The summed E-state index contributed by atoms with van der Waals surface area (Å²) in [5.41, 5.74) is 13.6. The van der Waals surface area contributed by atoms with E-state index in [0.29, 0.717) is 29.6 Å². The quantitative estimate of drug-likeness (QED) is 0.511. The molecule has 3 aromatic rings. The van der Waals surface area contributed by atoms with Gasteiger partial charge in [0.25, 0.3) is 0 Å². The number of halogens is 1. The Bertz CT molecular complexity index is 1140. The number of aromatic nitrogens is 1. The minimum absolute atomic E-state index is 0.0565. The first-order valence-electron chi connectivity index (χ1n) is 10.4. The Morgan fingerprint density at radius 3 is 2.36 bits per heavy atom. The van der Waals surface area contributed by atoms with Crippen molar-refractivity contribution in [3.63, 3.8) is 0 Å². The molecule has 2 heterocycles. The monoisotopic (exact) mass is 469 g/mol. The molecule has 2 aromatic carbocycles. The summed E-state index contributed by atoms with van der Waals surface area (Å²) in [4.78, 5) is 33.4. The van der Waals surface area contributed by atoms with Gasteiger partial charge in [-0.25, -0.2) is 9.37 Å². The average molecular weight is 470 g/mol. The number of nitrogens with two attached hydrogens (primary N) is 2. The van der Waals surface area contributed by atoms with Crippen molar-refractivity contribution in [3.05, 3.63) is 64.8 Å². The number of ether oxygens (including phenoxy) is 1. The number of carbonyl (C=O) groups excluding carboxylic acids is 2. The van der Waals surface area contributed by atoms with Crippen LogP contribution in [0.2, 0.25) is 0 Å². The molecular weight excluding hydrogens is 445 g/mol. The van der Waals surface area contributed by atoms with Crippen LogP contribution in [0.4, 0.5) is 26.7 Å². The fourth-order valence-corrected chi connectivity index (χ4v) is 4.64. The van der Waals surface area contributed by atoms with Gasteiger partial charge in [0.2, 0.25) is 11.7 Å². The van der Waals surface area contributed by atoms with Crippen molar-refractivity contribution < 1.29 is 18.7 Å². The first-order chi connectivity index (χ1) is 15.8. The highest BCUT2D eigenvalue weighted by Crippen LogP contribution is 2.36. The third-order valence-electron chi connectivity index (χ3n) is 5.46. The molecule has 0 saturated carbocycles. The van der Waals surface area contributed by atoms with Gasteiger partial charge in [-0.2, -0.15) is 0 Å². The number of nitrogen functional groups attached to an aromatic ring is 1. The maximum Gasteiger partial charge on any atom is 0.240 e. The summed E-state index contributed by atoms with van der Waals surface area (Å²) in [7, 11) is 0. The van der Waals surface area contributed by atoms with Crippen LogP contribution < -0.4 is 21.3 Å². The van der Waals surface area contributed by atoms with Gasteiger partial charge in [-0.15, -0.1) is 0 Å². The second-order valence-corrected chi connectivity index (χ2v) is 8.59. The molecule has 1 amide bonds. The first kappa shape index (κ1) is 22.7. The molecule has 1 aliphatic heterocycles. The number of hydrogen-bond donors (Lipinski definition) is 2. The standard InChI is InChI=1S/C23H24FN5O3S/c1-14(22(26)31)29(18-8-4-16(24)5-9-18)23-27-21(25)20(33-23)19(30)15-2-6-17(7-3-15)28-10-12-32-13-11-28/h2-9,14H,10-13,25H2,1H3,(H2,26,31)/t14-/m1/s1. The third kappa shape index (κ3) is 4.81. The van der Waals surface area contributed by atoms with Gasteiger partial charge >= 0.3 is 0 Å². The Hall–Kier alpha value is -3.50. The largest absolute Gasteiger partial charge is 0.382 e. The molecule has 1 saturated heterocycles. The Labute approximate surface area is 194 Å². The van der Waals surface area contributed by atoms with Crippen LogP contribution in [-0.4, -0.2) is 49.0 Å². The van der Waals surface area contributed by atoms with E-state index in [1.54, 1.807) is 24.0 Å². The molecule has 4 N–H and O–H groups in total. The molecule has 0 unspecified atom stereocenters. The van der Waals surface area contributed by atoms with Gasteiger partial charge in [-0.3, -0.25) is 9.59 Å². The predicted molar refractivity (Wildman–Crippen MR) is 127 cm³/mol. The minimum Gasteiger partial charge on any atom is -0.382 e. The van der Waals surface area contributed by atoms with Gasteiger partial charge in [-0.05, 0) is 55.5 Å². The number of nitrogens with zero attached hydrogens (tertiary/aromatic N) is 3. The zero-order valence-electron chi connectivity index (χ0n) is 18.0. The molecule has 0 bridgehead atoms. The van der Waals surface area contributed by atoms with Gasteiger partial charge in [0, 0.05) is 30.0 Å². The van der Waals surface area contributed by atoms with Crippen molar-refractivity contribution >= 4 is 45.4 Å². The number of rotatable bonds is 7. The zero-order valence-corrected chi connectivity index (χ0v) is 18.8. The number of hydrogen-bond acceptors (Lipinski definition) is 8. The highest BCUT2D eigenvalue weighted by Gasteiger charge is 2.27. The number of benzene rings is 2. The van der Waals surface area contributed by atoms with E-state index in [2.05, 4.69) is 9.88 Å². The molecule has 172 valence electrons. The molecule has 1 atom stereocenters. The maximum atomic E-state index is 13.4. The molecule has 0 aliphatic carbocycles. The summed E-state index contributed by atoms with van der Waals surface area (Å²) >= 11 is 1.06. The smallest absolute Gasteiger partial charge is 0.240 e. The van der Waals surface area contributed by atoms with Crippen LogP contribution in [-0.2, 0) is 9.53 Å². The molecule has 33 heavy (non-hydrogen) atoms. The van der Waals surface area contributed by atoms with E-state index in [1.165, 1.54) is 24.3 Å². The second-order valence-electron chi connectivity index (χ2n) is 7.61. The Kier molecular flexibility index (Phi) is 6.57. The summed E-state index contributed by atoms with van der Waals surface area (Å²) in [5.74, 6) is -1.23. The molecule has 1 aliphatic rings. The summed E-state index contributed by atoms with van der Waals surface area (Å²) < 4.78 is 18.8. The number of anilines is 4. The predicted octanol–water partition coefficient (Wildman–Crippen LogP) is 2.94. The van der Waals surface area contributed by atoms with Crippen LogP contribution in [0.25, 0.3) is 0 Å². The van der Waals surface area contributed by atoms with Crippen LogP contribution in [0.5, 0.6) is 0 Å². The van der Waals surface area contributed by atoms with E-state index in [0.717, 1.165) is 30.1 Å². The van der Waals surface area contributed by atoms with Crippen molar-refractivity contribution in [1.29, 1.82) is 0 Å². The maximum absolute atomic E-state index is 13.4. The van der Waals surface area contributed by atoms with E-state index in [4.69, 9.17) is 16.2 Å². The van der Waals surface area contributed by atoms with Gasteiger partial charge in [0.05, 0.1) is 13.2 Å². The SMILES string of the molecule is C[C@H](C(N)=O)N(c1ccc(F)cc1)c1nc(N)c(C(=O)c2ccc(N3CCOCC3)cc2)s1. The van der Waals surface area contributed by atoms with Gasteiger partial charge in [-0.1, -0.05) is 11.3 Å². The Morgan fingerprint density at radius 1 is 1.12 bits per heavy atom. The number of morpholine rings is 1. The molecule has 0 radical (unpaired) electrons. The van der Waals surface area contributed by atoms with Crippen molar-refractivity contribution in [1.82, 2.24) is 4.98 Å². The molecule has 1 aromatic heterocycles. The Morgan fingerprint density at radius 2 is 1.76 bits per heavy atom. The molecular formula is C23H24FN5O3S. The Balaban J connectivity index is 1.62. The highest BCUT2D eigenvalue weighted by molar-refractivity contribution is 7.18. The number of thiazole rings is 1. The van der Waals surface area contributed by atoms with Crippen LogP contribution in [0, 0.1) is 5.82 Å². The van der Waals surface area contributed by atoms with E-state index in [1.807, 2.05) is 12.1 Å². The first-order valence-corrected chi connectivity index (χ1v) is 11.2. The second kappa shape index (κ2) is 9.55. The zero-order chi connectivity index (χ0) is 23.5. The summed E-state index contributed by atoms with van der Waals surface area (Å²) in [6.45, 7) is 4.56. The summed E-state index contributed by atoms with van der Waals surface area (Å²) in [6.07, 6.45) is 0. The fourth-order valence-electron chi connectivity index (χ4n) is 3.59. The molecule has 1 fully saturated rings. The molecule has 4 rings (SSSR count). The number of primary amides is 1. The highest BCUT2D eigenvalue weighted by atomic mass is 32.1. The van der Waals surface area contributed by atoms with E-state index < -0.39 is 17.8 Å². The molecule has 0 spiro atoms. The van der Waals surface area contributed by atoms with Crippen LogP contribution >= 0.6 is 11.3 Å². The van der Waals surface area contributed by atoms with Gasteiger partial charge in [0.1, 0.15) is 22.6 Å². The normalized spacial score (nSPS) is 14.7. The minimum atomic E-state index is -0.795. The topological polar surface area (TPSA) is 115 Å².